The van der Waals surface area contributed by atoms with Crippen molar-refractivity contribution >= 4 is 5.69 Å². The van der Waals surface area contributed by atoms with E-state index in [-0.39, 0.29) is 44.3 Å². The molecule has 0 saturated carbocycles. The molecule has 0 aliphatic rings. The van der Waals surface area contributed by atoms with E-state index in [1.54, 1.807) is 25.2 Å². The standard InChI is InChI=1S/C7H8NO.CH3.U/c1-8-6-4-2-3-5-7(6)9;;/h3-5,8-9H,1H3;1H3;/q2*-1;+2. The van der Waals surface area contributed by atoms with Gasteiger partial charge in [0.2, 0.25) is 0 Å². The Morgan fingerprint density at radius 1 is 1.55 bits per heavy atom. The van der Waals surface area contributed by atoms with E-state index in [0.29, 0.717) is 5.69 Å². The zero-order valence-corrected chi connectivity index (χ0v) is 10.8. The van der Waals surface area contributed by atoms with E-state index in [1.807, 2.05) is 0 Å². The third-order valence-electron chi connectivity index (χ3n) is 1.11. The van der Waals surface area contributed by atoms with Crippen LogP contribution in [0.25, 0.3) is 0 Å². The smallest absolute Gasteiger partial charge is 0.531 e. The van der Waals surface area contributed by atoms with Crippen molar-refractivity contribution in [1.82, 2.24) is 0 Å². The van der Waals surface area contributed by atoms with E-state index >= 15 is 0 Å². The molecule has 0 heterocycles. The summed E-state index contributed by atoms with van der Waals surface area (Å²) in [7, 11) is 1.75. The summed E-state index contributed by atoms with van der Waals surface area (Å²) in [4.78, 5) is 0. The number of benzene rings is 1. The molecule has 0 radical (unpaired) electrons. The van der Waals surface area contributed by atoms with Crippen molar-refractivity contribution in [2.24, 2.45) is 0 Å². The van der Waals surface area contributed by atoms with Gasteiger partial charge in [-0.2, -0.15) is 18.2 Å². The van der Waals surface area contributed by atoms with Gasteiger partial charge in [0, 0.05) is 5.75 Å². The van der Waals surface area contributed by atoms with Crippen molar-refractivity contribution in [2.45, 2.75) is 0 Å². The average molecular weight is 375 g/mol. The second kappa shape index (κ2) is 6.57. The average Bonchev–Trinajstić information content (AvgIpc) is 1.89. The number of anilines is 1. The summed E-state index contributed by atoms with van der Waals surface area (Å²) in [6.45, 7) is 0. The minimum atomic E-state index is 0. The molecule has 1 aromatic rings. The Morgan fingerprint density at radius 3 is 2.55 bits per heavy atom. The van der Waals surface area contributed by atoms with Crippen LogP contribution in [0.2, 0.25) is 0 Å². The second-order valence-corrected chi connectivity index (χ2v) is 1.69. The molecule has 0 atom stereocenters. The Morgan fingerprint density at radius 2 is 2.18 bits per heavy atom. The van der Waals surface area contributed by atoms with Crippen LogP contribution in [0, 0.1) is 44.6 Å². The molecule has 0 aliphatic carbocycles. The molecular weight excluding hydrogens is 364 g/mol. The molecule has 3 heteroatoms. The molecule has 11 heavy (non-hydrogen) atoms. The molecule has 0 aliphatic heterocycles. The maximum Gasteiger partial charge on any atom is 2.00 e. The third-order valence-corrected chi connectivity index (χ3v) is 1.11. The topological polar surface area (TPSA) is 32.3 Å². The van der Waals surface area contributed by atoms with Gasteiger partial charge in [0.15, 0.2) is 0 Å². The predicted octanol–water partition coefficient (Wildman–Crippen LogP) is 1.68. The van der Waals surface area contributed by atoms with E-state index < -0.39 is 0 Å². The molecule has 58 valence electrons. The predicted molar refractivity (Wildman–Crippen MR) is 42.9 cm³/mol. The fraction of sp³-hybridized carbons (Fsp3) is 0.125. The van der Waals surface area contributed by atoms with Crippen LogP contribution in [-0.4, -0.2) is 12.2 Å². The number of nitrogens with one attached hydrogen (secondary N) is 1. The summed E-state index contributed by atoms with van der Waals surface area (Å²) >= 11 is 0. The third kappa shape index (κ3) is 3.69. The minimum absolute atomic E-state index is 0. The summed E-state index contributed by atoms with van der Waals surface area (Å²) in [5.74, 6) is 0.260. The first-order chi connectivity index (χ1) is 4.34. The molecule has 0 spiro atoms. The Kier molecular flexibility index (Phi) is 8.04. The van der Waals surface area contributed by atoms with Gasteiger partial charge in [-0.3, -0.25) is 0 Å². The van der Waals surface area contributed by atoms with Gasteiger partial charge < -0.3 is 17.8 Å². The van der Waals surface area contributed by atoms with Crippen molar-refractivity contribution in [3.63, 3.8) is 0 Å². The van der Waals surface area contributed by atoms with E-state index in [2.05, 4.69) is 11.4 Å². The second-order valence-electron chi connectivity index (χ2n) is 1.69. The molecule has 1 rings (SSSR count). The van der Waals surface area contributed by atoms with Crippen molar-refractivity contribution in [2.75, 3.05) is 12.4 Å². The Bertz CT molecular complexity index is 203. The molecule has 0 unspecified atom stereocenters. The van der Waals surface area contributed by atoms with Crippen LogP contribution in [0.3, 0.4) is 0 Å². The van der Waals surface area contributed by atoms with Crippen molar-refractivity contribution in [3.05, 3.63) is 31.7 Å². The molecule has 0 aromatic heterocycles. The molecule has 2 N–H and O–H groups in total. The monoisotopic (exact) mass is 375 g/mol. The Labute approximate surface area is 91.4 Å². The van der Waals surface area contributed by atoms with Gasteiger partial charge >= 0.3 is 31.1 Å². The van der Waals surface area contributed by atoms with Crippen LogP contribution < -0.4 is 5.32 Å². The maximum absolute atomic E-state index is 9.03. The van der Waals surface area contributed by atoms with Crippen LogP contribution in [0.15, 0.2) is 18.2 Å². The first-order valence-corrected chi connectivity index (χ1v) is 2.71. The molecular formula is C8H11NOU. The Balaban J connectivity index is 0. The van der Waals surface area contributed by atoms with Gasteiger partial charge in [0.25, 0.3) is 0 Å². The molecule has 2 nitrogen and oxygen atoms in total. The van der Waals surface area contributed by atoms with Crippen molar-refractivity contribution < 1.29 is 36.2 Å². The quantitative estimate of drug-likeness (QED) is 0.579. The molecule has 0 fully saturated rings. The van der Waals surface area contributed by atoms with E-state index in [4.69, 9.17) is 5.11 Å². The summed E-state index contributed by atoms with van der Waals surface area (Å²) < 4.78 is 0. The zero-order chi connectivity index (χ0) is 6.69. The van der Waals surface area contributed by atoms with Crippen molar-refractivity contribution in [3.8, 4) is 5.75 Å². The van der Waals surface area contributed by atoms with Gasteiger partial charge in [-0.25, -0.2) is 0 Å². The van der Waals surface area contributed by atoms with E-state index in [0.717, 1.165) is 0 Å². The molecule has 0 amide bonds. The zero-order valence-electron chi connectivity index (χ0n) is 6.68. The van der Waals surface area contributed by atoms with Crippen LogP contribution in [-0.2, 0) is 0 Å². The van der Waals surface area contributed by atoms with Crippen LogP contribution in [0.1, 0.15) is 0 Å². The summed E-state index contributed by atoms with van der Waals surface area (Å²) in [5.41, 5.74) is 0.706. The first-order valence-electron chi connectivity index (χ1n) is 2.71. The fourth-order valence-corrected chi connectivity index (χ4v) is 0.622. The number of aromatic hydroxyl groups is 1. The van der Waals surface area contributed by atoms with Crippen LogP contribution >= 0.6 is 0 Å². The molecule has 1 aromatic carbocycles. The van der Waals surface area contributed by atoms with Gasteiger partial charge in [0.1, 0.15) is 0 Å². The van der Waals surface area contributed by atoms with Crippen LogP contribution in [0.4, 0.5) is 5.69 Å². The van der Waals surface area contributed by atoms with E-state index in [1.165, 1.54) is 0 Å². The SMILES string of the molecule is CNc1c[c-]ccc1O.[CH3-].[U+2]. The largest absolute Gasteiger partial charge is 2.00 e. The normalized spacial score (nSPS) is 7.36. The van der Waals surface area contributed by atoms with E-state index in [9.17, 15) is 0 Å². The van der Waals surface area contributed by atoms with Gasteiger partial charge in [-0.05, 0) is 12.7 Å². The van der Waals surface area contributed by atoms with Crippen molar-refractivity contribution in [1.29, 1.82) is 0 Å². The molecule has 0 saturated heterocycles. The minimum Gasteiger partial charge on any atom is -0.531 e. The summed E-state index contributed by atoms with van der Waals surface area (Å²) in [6, 6.07) is 7.77. The Hall–Kier alpha value is -0.128. The number of phenols is 1. The van der Waals surface area contributed by atoms with Crippen LogP contribution in [0.5, 0.6) is 5.75 Å². The van der Waals surface area contributed by atoms with Gasteiger partial charge in [0.05, 0.1) is 0 Å². The molecule has 0 bridgehead atoms. The summed E-state index contributed by atoms with van der Waals surface area (Å²) in [6.07, 6.45) is 0. The number of rotatable bonds is 1. The van der Waals surface area contributed by atoms with Gasteiger partial charge in [-0.15, -0.1) is 6.07 Å². The summed E-state index contributed by atoms with van der Waals surface area (Å²) in [5, 5.41) is 11.8. The number of hydrogen-bond acceptors (Lipinski definition) is 2. The number of phenolic OH excluding ortho intramolecular Hbond substituents is 1. The fourth-order valence-electron chi connectivity index (χ4n) is 0.622. The van der Waals surface area contributed by atoms with Gasteiger partial charge in [-0.1, -0.05) is 0 Å². The number of hydrogen-bond donors (Lipinski definition) is 2. The first kappa shape index (κ1) is 13.5. The maximum atomic E-state index is 9.03.